The average Bonchev–Trinajstić information content (AvgIpc) is 2.52. The predicted octanol–water partition coefficient (Wildman–Crippen LogP) is 2.54. The summed E-state index contributed by atoms with van der Waals surface area (Å²) < 4.78 is 37.3. The second-order valence-electron chi connectivity index (χ2n) is 4.88. The van der Waals surface area contributed by atoms with Gasteiger partial charge in [0, 0.05) is 30.8 Å². The molecule has 0 amide bonds. The van der Waals surface area contributed by atoms with Crippen LogP contribution < -0.4 is 9.46 Å². The molecule has 1 fully saturated rings. The van der Waals surface area contributed by atoms with E-state index in [4.69, 9.17) is 21.1 Å². The largest absolute Gasteiger partial charge is 0.495 e. The van der Waals surface area contributed by atoms with E-state index in [1.165, 1.54) is 19.2 Å². The van der Waals surface area contributed by atoms with Crippen molar-refractivity contribution in [2.45, 2.75) is 23.0 Å². The zero-order valence-corrected chi connectivity index (χ0v) is 14.8. The first-order valence-electron chi connectivity index (χ1n) is 7.05. The van der Waals surface area contributed by atoms with Crippen LogP contribution in [0.2, 0.25) is 5.02 Å². The number of nitrogens with one attached hydrogen (secondary N) is 1. The van der Waals surface area contributed by atoms with Crippen LogP contribution in [0.5, 0.6) is 5.75 Å². The zero-order valence-electron chi connectivity index (χ0n) is 12.4. The fraction of sp³-hybridized carbons (Fsp3) is 0.571. The molecule has 0 radical (unpaired) electrons. The summed E-state index contributed by atoms with van der Waals surface area (Å²) in [5.74, 6) is 1.20. The highest BCUT2D eigenvalue weighted by Crippen LogP contribution is 2.27. The first kappa shape index (κ1) is 17.9. The predicted molar refractivity (Wildman–Crippen MR) is 89.5 cm³/mol. The highest BCUT2D eigenvalue weighted by molar-refractivity contribution is 8.00. The van der Waals surface area contributed by atoms with Crippen molar-refractivity contribution in [3.63, 3.8) is 0 Å². The Bertz CT molecular complexity index is 589. The van der Waals surface area contributed by atoms with Gasteiger partial charge in [-0.15, -0.1) is 0 Å². The lowest BCUT2D eigenvalue weighted by atomic mass is 10.2. The van der Waals surface area contributed by atoms with E-state index in [9.17, 15) is 8.42 Å². The lowest BCUT2D eigenvalue weighted by molar-refractivity contribution is 0.100. The van der Waals surface area contributed by atoms with Gasteiger partial charge >= 0.3 is 0 Å². The fourth-order valence-electron chi connectivity index (χ4n) is 2.14. The molecule has 2 rings (SSSR count). The van der Waals surface area contributed by atoms with E-state index < -0.39 is 10.0 Å². The van der Waals surface area contributed by atoms with Crippen molar-refractivity contribution in [1.29, 1.82) is 0 Å². The number of hydrogen-bond acceptors (Lipinski definition) is 5. The Morgan fingerprint density at radius 3 is 2.77 bits per heavy atom. The number of thioether (sulfide) groups is 1. The van der Waals surface area contributed by atoms with Crippen molar-refractivity contribution in [3.05, 3.63) is 23.2 Å². The number of sulfonamides is 1. The van der Waals surface area contributed by atoms with Gasteiger partial charge in [0.25, 0.3) is 0 Å². The number of methoxy groups -OCH3 is 1. The summed E-state index contributed by atoms with van der Waals surface area (Å²) in [6, 6.07) is 4.43. The van der Waals surface area contributed by atoms with Gasteiger partial charge in [0.15, 0.2) is 0 Å². The highest BCUT2D eigenvalue weighted by Gasteiger charge is 2.17. The third kappa shape index (κ3) is 5.03. The highest BCUT2D eigenvalue weighted by atomic mass is 35.5. The van der Waals surface area contributed by atoms with E-state index in [-0.39, 0.29) is 9.92 Å². The number of rotatable bonds is 7. The van der Waals surface area contributed by atoms with E-state index in [0.29, 0.717) is 17.5 Å². The van der Waals surface area contributed by atoms with E-state index in [1.54, 1.807) is 17.8 Å². The molecule has 1 aliphatic heterocycles. The van der Waals surface area contributed by atoms with Gasteiger partial charge in [0.1, 0.15) is 5.75 Å². The van der Waals surface area contributed by atoms with Crippen LogP contribution in [-0.2, 0) is 14.8 Å². The van der Waals surface area contributed by atoms with Crippen LogP contribution in [0.15, 0.2) is 23.1 Å². The maximum atomic E-state index is 12.2. The van der Waals surface area contributed by atoms with Crippen molar-refractivity contribution in [2.24, 2.45) is 0 Å². The van der Waals surface area contributed by atoms with E-state index in [2.05, 4.69) is 4.72 Å². The quantitative estimate of drug-likeness (QED) is 0.752. The minimum atomic E-state index is -3.54. The summed E-state index contributed by atoms with van der Waals surface area (Å²) in [6.07, 6.45) is 2.07. The Kier molecular flexibility index (Phi) is 6.83. The Morgan fingerprint density at radius 1 is 1.41 bits per heavy atom. The molecule has 1 heterocycles. The lowest BCUT2D eigenvalue weighted by Crippen LogP contribution is -2.27. The van der Waals surface area contributed by atoms with Gasteiger partial charge in [-0.05, 0) is 31.0 Å². The van der Waals surface area contributed by atoms with Crippen LogP contribution in [0.3, 0.4) is 0 Å². The minimum Gasteiger partial charge on any atom is -0.495 e. The van der Waals surface area contributed by atoms with Gasteiger partial charge in [-0.3, -0.25) is 0 Å². The number of halogens is 1. The maximum Gasteiger partial charge on any atom is 0.240 e. The maximum absolute atomic E-state index is 12.2. The van der Waals surface area contributed by atoms with Crippen molar-refractivity contribution in [2.75, 3.05) is 32.6 Å². The van der Waals surface area contributed by atoms with Gasteiger partial charge < -0.3 is 9.47 Å². The molecule has 8 heteroatoms. The van der Waals surface area contributed by atoms with Crippen LogP contribution in [0.4, 0.5) is 0 Å². The molecule has 1 saturated heterocycles. The zero-order chi connectivity index (χ0) is 16.0. The summed E-state index contributed by atoms with van der Waals surface area (Å²) in [4.78, 5) is 0.148. The van der Waals surface area contributed by atoms with Crippen molar-refractivity contribution in [3.8, 4) is 5.75 Å². The molecule has 1 aromatic rings. The van der Waals surface area contributed by atoms with Crippen molar-refractivity contribution < 1.29 is 17.9 Å². The third-order valence-corrected chi connectivity index (χ3v) is 6.49. The summed E-state index contributed by atoms with van der Waals surface area (Å²) in [7, 11) is -2.05. The molecule has 0 unspecified atom stereocenters. The number of benzene rings is 1. The Balaban J connectivity index is 1.84. The molecule has 5 nitrogen and oxygen atoms in total. The minimum absolute atomic E-state index is 0.148. The van der Waals surface area contributed by atoms with Crippen LogP contribution >= 0.6 is 23.4 Å². The van der Waals surface area contributed by atoms with Crippen LogP contribution in [0.1, 0.15) is 12.8 Å². The van der Waals surface area contributed by atoms with Gasteiger partial charge in [-0.25, -0.2) is 13.1 Å². The molecule has 124 valence electrons. The third-order valence-electron chi connectivity index (χ3n) is 3.35. The van der Waals surface area contributed by atoms with Crippen LogP contribution in [0, 0.1) is 0 Å². The first-order chi connectivity index (χ1) is 10.5. The smallest absolute Gasteiger partial charge is 0.240 e. The Morgan fingerprint density at radius 2 is 2.14 bits per heavy atom. The van der Waals surface area contributed by atoms with Crippen LogP contribution in [0.25, 0.3) is 0 Å². The molecule has 0 aliphatic carbocycles. The van der Waals surface area contributed by atoms with E-state index >= 15 is 0 Å². The fourth-order valence-corrected chi connectivity index (χ4v) is 4.73. The number of ether oxygens (including phenoxy) is 2. The Hall–Kier alpha value is -0.470. The van der Waals surface area contributed by atoms with Gasteiger partial charge in [0.2, 0.25) is 10.0 Å². The summed E-state index contributed by atoms with van der Waals surface area (Å²) >= 11 is 7.75. The normalized spacial score (nSPS) is 16.6. The molecule has 1 aromatic carbocycles. The summed E-state index contributed by atoms with van der Waals surface area (Å²) in [6.45, 7) is 2.00. The molecule has 0 bridgehead atoms. The van der Waals surface area contributed by atoms with Gasteiger partial charge in [0.05, 0.1) is 17.0 Å². The summed E-state index contributed by atoms with van der Waals surface area (Å²) in [5, 5.41) is 0.843. The molecular formula is C14H20ClNO4S2. The SMILES string of the molecule is COc1ccc(S(=O)(=O)NCCSC2CCOCC2)cc1Cl. The van der Waals surface area contributed by atoms with Crippen molar-refractivity contribution >= 4 is 33.4 Å². The second-order valence-corrected chi connectivity index (χ2v) is 8.46. The second kappa shape index (κ2) is 8.40. The average molecular weight is 366 g/mol. The van der Waals surface area contributed by atoms with E-state index in [0.717, 1.165) is 31.8 Å². The molecule has 0 aromatic heterocycles. The topological polar surface area (TPSA) is 64.6 Å². The first-order valence-corrected chi connectivity index (χ1v) is 9.96. The molecule has 22 heavy (non-hydrogen) atoms. The molecular weight excluding hydrogens is 346 g/mol. The standard InChI is InChI=1S/C14H20ClNO4S2/c1-19-14-3-2-12(10-13(14)15)22(17,18)16-6-9-21-11-4-7-20-8-5-11/h2-3,10-11,16H,4-9H2,1H3. The molecule has 1 aliphatic rings. The molecule has 1 N–H and O–H groups in total. The van der Waals surface area contributed by atoms with Gasteiger partial charge in [-0.2, -0.15) is 11.8 Å². The molecule has 0 spiro atoms. The van der Waals surface area contributed by atoms with Gasteiger partial charge in [-0.1, -0.05) is 11.6 Å². The number of hydrogen-bond donors (Lipinski definition) is 1. The monoisotopic (exact) mass is 365 g/mol. The Labute approximate surface area is 140 Å². The summed E-state index contributed by atoms with van der Waals surface area (Å²) in [5.41, 5.74) is 0. The van der Waals surface area contributed by atoms with E-state index in [1.807, 2.05) is 0 Å². The lowest BCUT2D eigenvalue weighted by Gasteiger charge is -2.21. The van der Waals surface area contributed by atoms with Crippen molar-refractivity contribution in [1.82, 2.24) is 4.72 Å². The van der Waals surface area contributed by atoms with Crippen LogP contribution in [-0.4, -0.2) is 46.3 Å². The molecule has 0 saturated carbocycles. The molecule has 0 atom stereocenters.